The molecule has 0 radical (unpaired) electrons. The first-order valence-corrected chi connectivity index (χ1v) is 5.69. The van der Waals surface area contributed by atoms with Gasteiger partial charge >= 0.3 is 0 Å². The molecule has 2 rings (SSSR count). The number of carbonyl (C=O) groups excluding carboxylic acids is 1. The van der Waals surface area contributed by atoms with Crippen molar-refractivity contribution in [2.24, 2.45) is 5.92 Å². The number of imidazole rings is 1. The van der Waals surface area contributed by atoms with Crippen LogP contribution in [0.25, 0.3) is 0 Å². The summed E-state index contributed by atoms with van der Waals surface area (Å²) in [6.45, 7) is 1.81. The van der Waals surface area contributed by atoms with Gasteiger partial charge in [-0.15, -0.1) is 0 Å². The van der Waals surface area contributed by atoms with Crippen LogP contribution in [0.3, 0.4) is 0 Å². The molecule has 16 heavy (non-hydrogen) atoms. The van der Waals surface area contributed by atoms with Crippen LogP contribution in [0.2, 0.25) is 0 Å². The summed E-state index contributed by atoms with van der Waals surface area (Å²) in [5.74, 6) is 0.593. The van der Waals surface area contributed by atoms with Crippen molar-refractivity contribution in [3.8, 4) is 0 Å². The molecule has 1 amide bonds. The van der Waals surface area contributed by atoms with E-state index in [1.807, 2.05) is 4.90 Å². The van der Waals surface area contributed by atoms with Crippen molar-refractivity contribution in [2.75, 3.05) is 19.7 Å². The Balaban J connectivity index is 1.87. The molecule has 2 heterocycles. The number of rotatable bonds is 3. The Bertz CT molecular complexity index is 329. The fourth-order valence-corrected chi connectivity index (χ4v) is 2.15. The summed E-state index contributed by atoms with van der Waals surface area (Å²) >= 11 is 0. The number of carbonyl (C=O) groups is 1. The number of amides is 1. The van der Waals surface area contributed by atoms with Crippen LogP contribution >= 0.6 is 0 Å². The first-order chi connectivity index (χ1) is 7.81. The van der Waals surface area contributed by atoms with Crippen LogP contribution in [0.15, 0.2) is 12.5 Å². The Morgan fingerprint density at radius 2 is 2.31 bits per heavy atom. The molecule has 1 saturated heterocycles. The number of aromatic amines is 1. The van der Waals surface area contributed by atoms with Crippen molar-refractivity contribution in [1.29, 1.82) is 0 Å². The molecule has 1 aromatic heterocycles. The number of likely N-dealkylation sites (tertiary alicyclic amines) is 1. The summed E-state index contributed by atoms with van der Waals surface area (Å²) in [6, 6.07) is 0. The maximum absolute atomic E-state index is 11.9. The summed E-state index contributed by atoms with van der Waals surface area (Å²) in [7, 11) is 0. The number of nitrogens with zero attached hydrogens (tertiary/aromatic N) is 2. The van der Waals surface area contributed by atoms with Crippen LogP contribution < -0.4 is 0 Å². The molecule has 1 aliphatic heterocycles. The predicted octanol–water partition coefficient (Wildman–Crippen LogP) is 0.644. The Labute approximate surface area is 94.5 Å². The molecule has 1 aromatic rings. The Kier molecular flexibility index (Phi) is 3.56. The SMILES string of the molecule is O=C(c1cnc[nH]1)N1CCC(CCO)CC1. The van der Waals surface area contributed by atoms with Gasteiger partial charge in [0.25, 0.3) is 5.91 Å². The van der Waals surface area contributed by atoms with Gasteiger partial charge in [-0.05, 0) is 25.2 Å². The third-order valence-electron chi connectivity index (χ3n) is 3.17. The van der Waals surface area contributed by atoms with E-state index in [1.165, 1.54) is 6.33 Å². The topological polar surface area (TPSA) is 69.2 Å². The highest BCUT2D eigenvalue weighted by atomic mass is 16.3. The minimum Gasteiger partial charge on any atom is -0.396 e. The molecule has 88 valence electrons. The molecule has 0 aliphatic carbocycles. The molecule has 5 nitrogen and oxygen atoms in total. The van der Waals surface area contributed by atoms with Crippen molar-refractivity contribution in [2.45, 2.75) is 19.3 Å². The van der Waals surface area contributed by atoms with Gasteiger partial charge in [-0.2, -0.15) is 0 Å². The molecule has 0 atom stereocenters. The second-order valence-electron chi connectivity index (χ2n) is 4.21. The van der Waals surface area contributed by atoms with E-state index in [1.54, 1.807) is 6.20 Å². The van der Waals surface area contributed by atoms with Gasteiger partial charge < -0.3 is 15.0 Å². The van der Waals surface area contributed by atoms with E-state index < -0.39 is 0 Å². The number of H-pyrrole nitrogens is 1. The highest BCUT2D eigenvalue weighted by molar-refractivity contribution is 5.92. The van der Waals surface area contributed by atoms with Crippen LogP contribution in [0.4, 0.5) is 0 Å². The van der Waals surface area contributed by atoms with Gasteiger partial charge in [-0.3, -0.25) is 4.79 Å². The Hall–Kier alpha value is -1.36. The lowest BCUT2D eigenvalue weighted by molar-refractivity contribution is 0.0673. The van der Waals surface area contributed by atoms with E-state index in [2.05, 4.69) is 9.97 Å². The number of aliphatic hydroxyl groups is 1. The molecule has 5 heteroatoms. The second-order valence-corrected chi connectivity index (χ2v) is 4.21. The molecule has 2 N–H and O–H groups in total. The van der Waals surface area contributed by atoms with Gasteiger partial charge in [-0.25, -0.2) is 4.98 Å². The maximum atomic E-state index is 11.9. The fraction of sp³-hybridized carbons (Fsp3) is 0.636. The molecule has 0 unspecified atom stereocenters. The van der Waals surface area contributed by atoms with E-state index >= 15 is 0 Å². The molecule has 0 bridgehead atoms. The molecular formula is C11H17N3O2. The maximum Gasteiger partial charge on any atom is 0.271 e. The quantitative estimate of drug-likeness (QED) is 0.790. The van der Waals surface area contributed by atoms with E-state index in [-0.39, 0.29) is 12.5 Å². The average Bonchev–Trinajstić information content (AvgIpc) is 2.83. The molecule has 0 spiro atoms. The zero-order valence-electron chi connectivity index (χ0n) is 9.22. The number of hydrogen-bond acceptors (Lipinski definition) is 3. The number of aromatic nitrogens is 2. The van der Waals surface area contributed by atoms with Crippen molar-refractivity contribution in [3.63, 3.8) is 0 Å². The van der Waals surface area contributed by atoms with Crippen LogP contribution in [0, 0.1) is 5.92 Å². The van der Waals surface area contributed by atoms with Gasteiger partial charge in [0.2, 0.25) is 0 Å². The van der Waals surface area contributed by atoms with Crippen LogP contribution in [0.5, 0.6) is 0 Å². The van der Waals surface area contributed by atoms with Gasteiger partial charge in [0.1, 0.15) is 5.69 Å². The lowest BCUT2D eigenvalue weighted by Gasteiger charge is -2.31. The second kappa shape index (κ2) is 5.12. The normalized spacial score (nSPS) is 17.7. The first kappa shape index (κ1) is 11.1. The summed E-state index contributed by atoms with van der Waals surface area (Å²) < 4.78 is 0. The summed E-state index contributed by atoms with van der Waals surface area (Å²) in [5, 5.41) is 8.85. The van der Waals surface area contributed by atoms with E-state index in [0.717, 1.165) is 32.4 Å². The van der Waals surface area contributed by atoms with Gasteiger partial charge in [0, 0.05) is 19.7 Å². The molecular weight excluding hydrogens is 206 g/mol. The van der Waals surface area contributed by atoms with Crippen molar-refractivity contribution >= 4 is 5.91 Å². The van der Waals surface area contributed by atoms with Gasteiger partial charge in [0.15, 0.2) is 0 Å². The van der Waals surface area contributed by atoms with E-state index in [4.69, 9.17) is 5.11 Å². The van der Waals surface area contributed by atoms with Crippen molar-refractivity contribution in [1.82, 2.24) is 14.9 Å². The highest BCUT2D eigenvalue weighted by Gasteiger charge is 2.23. The minimum atomic E-state index is 0.0277. The molecule has 1 aliphatic rings. The number of aliphatic hydroxyl groups excluding tert-OH is 1. The fourth-order valence-electron chi connectivity index (χ4n) is 2.15. The number of hydrogen-bond donors (Lipinski definition) is 2. The Morgan fingerprint density at radius 3 is 2.88 bits per heavy atom. The standard InChI is InChI=1S/C11H17N3O2/c15-6-3-9-1-4-14(5-2-9)11(16)10-7-12-8-13-10/h7-9,15H,1-6H2,(H,12,13). The molecule has 0 saturated carbocycles. The van der Waals surface area contributed by atoms with Gasteiger partial charge in [-0.1, -0.05) is 0 Å². The van der Waals surface area contributed by atoms with E-state index in [0.29, 0.717) is 11.6 Å². The van der Waals surface area contributed by atoms with Crippen molar-refractivity contribution in [3.05, 3.63) is 18.2 Å². The zero-order valence-corrected chi connectivity index (χ0v) is 9.22. The van der Waals surface area contributed by atoms with Crippen LogP contribution in [-0.2, 0) is 0 Å². The van der Waals surface area contributed by atoms with Crippen molar-refractivity contribution < 1.29 is 9.90 Å². The highest BCUT2D eigenvalue weighted by Crippen LogP contribution is 2.20. The molecule has 1 fully saturated rings. The predicted molar refractivity (Wildman–Crippen MR) is 58.9 cm³/mol. The third-order valence-corrected chi connectivity index (χ3v) is 3.17. The summed E-state index contributed by atoms with van der Waals surface area (Å²) in [5.41, 5.74) is 0.556. The minimum absolute atomic E-state index is 0.0277. The number of piperidine rings is 1. The summed E-state index contributed by atoms with van der Waals surface area (Å²) in [6.07, 6.45) is 5.90. The third kappa shape index (κ3) is 2.41. The lowest BCUT2D eigenvalue weighted by Crippen LogP contribution is -2.38. The number of nitrogens with one attached hydrogen (secondary N) is 1. The van der Waals surface area contributed by atoms with E-state index in [9.17, 15) is 4.79 Å². The van der Waals surface area contributed by atoms with Crippen LogP contribution in [0.1, 0.15) is 29.8 Å². The smallest absolute Gasteiger partial charge is 0.271 e. The Morgan fingerprint density at radius 1 is 1.56 bits per heavy atom. The lowest BCUT2D eigenvalue weighted by atomic mass is 9.94. The summed E-state index contributed by atoms with van der Waals surface area (Å²) in [4.78, 5) is 20.5. The molecule has 0 aromatic carbocycles. The first-order valence-electron chi connectivity index (χ1n) is 5.69. The largest absolute Gasteiger partial charge is 0.396 e. The monoisotopic (exact) mass is 223 g/mol. The van der Waals surface area contributed by atoms with Gasteiger partial charge in [0.05, 0.1) is 12.5 Å². The zero-order chi connectivity index (χ0) is 11.4. The average molecular weight is 223 g/mol. The van der Waals surface area contributed by atoms with Crippen LogP contribution in [-0.4, -0.2) is 45.6 Å².